The number of aliphatic carboxylic acids is 1. The summed E-state index contributed by atoms with van der Waals surface area (Å²) in [5.74, 6) is -2.63. The van der Waals surface area contributed by atoms with Crippen molar-refractivity contribution in [2.75, 3.05) is 5.32 Å². The number of nitrogens with one attached hydrogen (secondary N) is 1. The average Bonchev–Trinajstić information content (AvgIpc) is 2.90. The fourth-order valence-electron chi connectivity index (χ4n) is 2.23. The van der Waals surface area contributed by atoms with E-state index >= 15 is 0 Å². The number of ether oxygens (including phenoxy) is 1. The van der Waals surface area contributed by atoms with Crippen LogP contribution in [-0.4, -0.2) is 40.3 Å². The van der Waals surface area contributed by atoms with E-state index in [4.69, 9.17) is 14.9 Å². The Balaban J connectivity index is 2.09. The zero-order valence-electron chi connectivity index (χ0n) is 11.3. The van der Waals surface area contributed by atoms with Crippen molar-refractivity contribution in [2.24, 2.45) is 0 Å². The molecule has 0 saturated carbocycles. The Labute approximate surface area is 120 Å². The zero-order chi connectivity index (χ0) is 15.6. The van der Waals surface area contributed by atoms with Gasteiger partial charge in [0.25, 0.3) is 5.91 Å². The van der Waals surface area contributed by atoms with E-state index in [1.54, 1.807) is 13.0 Å². The number of carbonyl (C=O) groups is 3. The van der Waals surface area contributed by atoms with Gasteiger partial charge in [-0.2, -0.15) is 0 Å². The van der Waals surface area contributed by atoms with Crippen molar-refractivity contribution in [3.8, 4) is 0 Å². The van der Waals surface area contributed by atoms with Crippen LogP contribution in [0.1, 0.15) is 28.8 Å². The zero-order valence-corrected chi connectivity index (χ0v) is 11.3. The molecule has 1 heterocycles. The molecule has 0 spiro atoms. The van der Waals surface area contributed by atoms with Crippen molar-refractivity contribution in [3.05, 3.63) is 29.3 Å². The largest absolute Gasteiger partial charge is 0.479 e. The minimum Gasteiger partial charge on any atom is -0.479 e. The summed E-state index contributed by atoms with van der Waals surface area (Å²) in [6.07, 6.45) is -1.20. The van der Waals surface area contributed by atoms with Crippen LogP contribution < -0.4 is 5.32 Å². The Bertz CT molecular complexity index is 597. The van der Waals surface area contributed by atoms with Crippen LogP contribution in [0.15, 0.2) is 18.2 Å². The summed E-state index contributed by atoms with van der Waals surface area (Å²) in [5, 5.41) is 20.4. The summed E-state index contributed by atoms with van der Waals surface area (Å²) in [6, 6.07) is 4.56. The predicted octanol–water partition coefficient (Wildman–Crippen LogP) is 1.26. The van der Waals surface area contributed by atoms with Gasteiger partial charge in [0.05, 0.1) is 5.56 Å². The van der Waals surface area contributed by atoms with Gasteiger partial charge in [-0.1, -0.05) is 6.07 Å². The van der Waals surface area contributed by atoms with Gasteiger partial charge in [0, 0.05) is 5.69 Å². The molecule has 7 nitrogen and oxygen atoms in total. The molecule has 0 bridgehead atoms. The Morgan fingerprint density at radius 1 is 1.19 bits per heavy atom. The molecule has 0 aromatic heterocycles. The van der Waals surface area contributed by atoms with Crippen LogP contribution in [0.2, 0.25) is 0 Å². The molecule has 1 saturated heterocycles. The molecular weight excluding hydrogens is 278 g/mol. The fraction of sp³-hybridized carbons (Fsp3) is 0.357. The van der Waals surface area contributed by atoms with E-state index in [1.807, 2.05) is 0 Å². The number of hydrogen-bond donors (Lipinski definition) is 3. The molecule has 1 aromatic carbocycles. The highest BCUT2D eigenvalue weighted by molar-refractivity contribution is 5.98. The van der Waals surface area contributed by atoms with Gasteiger partial charge in [0.1, 0.15) is 6.10 Å². The summed E-state index contributed by atoms with van der Waals surface area (Å²) < 4.78 is 5.15. The van der Waals surface area contributed by atoms with Crippen molar-refractivity contribution in [1.29, 1.82) is 0 Å². The lowest BCUT2D eigenvalue weighted by Gasteiger charge is -2.14. The molecule has 21 heavy (non-hydrogen) atoms. The summed E-state index contributed by atoms with van der Waals surface area (Å²) in [4.78, 5) is 33.9. The third-order valence-electron chi connectivity index (χ3n) is 3.41. The van der Waals surface area contributed by atoms with E-state index in [2.05, 4.69) is 5.32 Å². The fourth-order valence-corrected chi connectivity index (χ4v) is 2.23. The summed E-state index contributed by atoms with van der Waals surface area (Å²) in [5.41, 5.74) is 0.914. The second kappa shape index (κ2) is 5.92. The van der Waals surface area contributed by atoms with Crippen molar-refractivity contribution in [1.82, 2.24) is 0 Å². The molecule has 7 heteroatoms. The maximum atomic E-state index is 12.0. The second-order valence-electron chi connectivity index (χ2n) is 4.80. The molecule has 1 fully saturated rings. The number of amides is 1. The first-order chi connectivity index (χ1) is 9.90. The molecule has 2 rings (SSSR count). The molecular formula is C14H15NO6. The highest BCUT2D eigenvalue weighted by Gasteiger charge is 2.34. The van der Waals surface area contributed by atoms with Gasteiger partial charge >= 0.3 is 11.9 Å². The number of benzene rings is 1. The topological polar surface area (TPSA) is 113 Å². The maximum absolute atomic E-state index is 12.0. The van der Waals surface area contributed by atoms with E-state index in [0.717, 1.165) is 0 Å². The van der Waals surface area contributed by atoms with Crippen LogP contribution in [0, 0.1) is 6.92 Å². The van der Waals surface area contributed by atoms with Gasteiger partial charge < -0.3 is 20.3 Å². The third-order valence-corrected chi connectivity index (χ3v) is 3.41. The van der Waals surface area contributed by atoms with Crippen molar-refractivity contribution in [2.45, 2.75) is 32.0 Å². The molecule has 2 atom stereocenters. The van der Waals surface area contributed by atoms with Crippen LogP contribution in [0.5, 0.6) is 0 Å². The Morgan fingerprint density at radius 3 is 2.43 bits per heavy atom. The van der Waals surface area contributed by atoms with E-state index in [0.29, 0.717) is 17.7 Å². The smallest absolute Gasteiger partial charge is 0.336 e. The third kappa shape index (κ3) is 3.19. The van der Waals surface area contributed by atoms with Crippen LogP contribution in [0.3, 0.4) is 0 Å². The van der Waals surface area contributed by atoms with E-state index < -0.39 is 30.1 Å². The summed E-state index contributed by atoms with van der Waals surface area (Å²) >= 11 is 0. The summed E-state index contributed by atoms with van der Waals surface area (Å²) in [7, 11) is 0. The SMILES string of the molecule is Cc1c(NC(=O)C2CCC(C(=O)O)O2)cccc1C(=O)O. The number of aromatic carboxylic acids is 1. The maximum Gasteiger partial charge on any atom is 0.336 e. The molecule has 0 aliphatic carbocycles. The average molecular weight is 293 g/mol. The first-order valence-electron chi connectivity index (χ1n) is 6.42. The van der Waals surface area contributed by atoms with Gasteiger partial charge in [-0.15, -0.1) is 0 Å². The summed E-state index contributed by atoms with van der Waals surface area (Å²) in [6.45, 7) is 1.59. The molecule has 0 radical (unpaired) electrons. The van der Waals surface area contributed by atoms with Crippen LogP contribution >= 0.6 is 0 Å². The second-order valence-corrected chi connectivity index (χ2v) is 4.80. The van der Waals surface area contributed by atoms with Crippen LogP contribution in [0.4, 0.5) is 5.69 Å². The highest BCUT2D eigenvalue weighted by Crippen LogP contribution is 2.23. The van der Waals surface area contributed by atoms with Gasteiger partial charge in [-0.25, -0.2) is 9.59 Å². The van der Waals surface area contributed by atoms with E-state index in [-0.39, 0.29) is 12.0 Å². The highest BCUT2D eigenvalue weighted by atomic mass is 16.5. The minimum atomic E-state index is -1.09. The standard InChI is InChI=1S/C14H15NO6/c1-7-8(13(17)18)3-2-4-9(7)15-12(16)10-5-6-11(21-10)14(19)20/h2-4,10-11H,5-6H2,1H3,(H,15,16)(H,17,18)(H,19,20). The number of anilines is 1. The number of carboxylic acid groups (broad SMARTS) is 2. The normalized spacial score (nSPS) is 21.0. The van der Waals surface area contributed by atoms with Crippen molar-refractivity contribution in [3.63, 3.8) is 0 Å². The first-order valence-corrected chi connectivity index (χ1v) is 6.42. The molecule has 2 unspecified atom stereocenters. The lowest BCUT2D eigenvalue weighted by Crippen LogP contribution is -2.30. The van der Waals surface area contributed by atoms with Gasteiger partial charge in [-0.3, -0.25) is 4.79 Å². The number of carbonyl (C=O) groups excluding carboxylic acids is 1. The monoisotopic (exact) mass is 293 g/mol. The quantitative estimate of drug-likeness (QED) is 0.770. The molecule has 1 aromatic rings. The molecule has 1 aliphatic rings. The molecule has 1 aliphatic heterocycles. The Morgan fingerprint density at radius 2 is 1.86 bits per heavy atom. The lowest BCUT2D eigenvalue weighted by molar-refractivity contribution is -0.150. The minimum absolute atomic E-state index is 0.101. The van der Waals surface area contributed by atoms with Crippen LogP contribution in [-0.2, 0) is 14.3 Å². The van der Waals surface area contributed by atoms with E-state index in [1.165, 1.54) is 12.1 Å². The van der Waals surface area contributed by atoms with Gasteiger partial charge in [-0.05, 0) is 37.5 Å². The molecule has 112 valence electrons. The van der Waals surface area contributed by atoms with Gasteiger partial charge in [0.2, 0.25) is 0 Å². The molecule has 1 amide bonds. The first kappa shape index (κ1) is 15.0. The number of hydrogen-bond acceptors (Lipinski definition) is 4. The van der Waals surface area contributed by atoms with Crippen molar-refractivity contribution < 1.29 is 29.3 Å². The van der Waals surface area contributed by atoms with E-state index in [9.17, 15) is 14.4 Å². The van der Waals surface area contributed by atoms with Crippen molar-refractivity contribution >= 4 is 23.5 Å². The molecule has 3 N–H and O–H groups in total. The predicted molar refractivity (Wildman–Crippen MR) is 72.3 cm³/mol. The Hall–Kier alpha value is -2.41. The number of carboxylic acids is 2. The van der Waals surface area contributed by atoms with Gasteiger partial charge in [0.15, 0.2) is 6.10 Å². The lowest BCUT2D eigenvalue weighted by atomic mass is 10.1. The Kier molecular flexibility index (Phi) is 4.23. The van der Waals surface area contributed by atoms with Crippen LogP contribution in [0.25, 0.3) is 0 Å². The number of rotatable bonds is 4.